The van der Waals surface area contributed by atoms with E-state index >= 15 is 0 Å². The topological polar surface area (TPSA) is 69.8 Å². The molecule has 5 nitrogen and oxygen atoms in total. The summed E-state index contributed by atoms with van der Waals surface area (Å²) in [5.74, 6) is -0.0594. The minimum Gasteiger partial charge on any atom is -0.508 e. The van der Waals surface area contributed by atoms with Crippen molar-refractivity contribution < 1.29 is 23.1 Å². The molecule has 2 aromatic rings. The van der Waals surface area contributed by atoms with Crippen LogP contribution in [0.25, 0.3) is 0 Å². The molecule has 1 saturated heterocycles. The smallest absolute Gasteiger partial charge is 0.416 e. The van der Waals surface area contributed by atoms with Crippen molar-refractivity contribution in [1.82, 2.24) is 4.90 Å². The average Bonchev–Trinajstić information content (AvgIpc) is 2.79. The summed E-state index contributed by atoms with van der Waals surface area (Å²) in [4.78, 5) is 16.8. The first-order chi connectivity index (χ1) is 16.4. The third-order valence-electron chi connectivity index (χ3n) is 6.41. The molecule has 0 bridgehead atoms. The number of carbonyl (C=O) groups excluding carboxylic acids is 1. The number of alkyl halides is 3. The van der Waals surface area contributed by atoms with Crippen LogP contribution in [-0.2, 0) is 17.4 Å². The number of carbonyl (C=O) groups is 1. The number of nitrogens with two attached hydrogens (primary N) is 1. The monoisotopic (exact) mass is 511 g/mol. The maximum Gasteiger partial charge on any atom is 0.416 e. The van der Waals surface area contributed by atoms with Gasteiger partial charge in [0.05, 0.1) is 5.56 Å². The van der Waals surface area contributed by atoms with E-state index in [1.807, 2.05) is 25.7 Å². The van der Waals surface area contributed by atoms with Crippen LogP contribution >= 0.6 is 11.6 Å². The molecule has 35 heavy (non-hydrogen) atoms. The number of phenolic OH excluding ortho intramolecular Hbond substituents is 1. The molecule has 0 radical (unpaired) electrons. The molecule has 3 N–H and O–H groups in total. The van der Waals surface area contributed by atoms with Crippen molar-refractivity contribution in [3.05, 3.63) is 58.1 Å². The van der Waals surface area contributed by atoms with Crippen LogP contribution in [0.3, 0.4) is 0 Å². The van der Waals surface area contributed by atoms with Gasteiger partial charge in [0.25, 0.3) is 0 Å². The molecule has 1 aliphatic rings. The maximum atomic E-state index is 13.4. The average molecular weight is 512 g/mol. The molecule has 0 aliphatic carbocycles. The molecular formula is C26H33ClF3N3O2. The van der Waals surface area contributed by atoms with Gasteiger partial charge in [-0.25, -0.2) is 0 Å². The molecular weight excluding hydrogens is 479 g/mol. The number of rotatable bonds is 7. The lowest BCUT2D eigenvalue weighted by Gasteiger charge is -2.38. The Morgan fingerprint density at radius 1 is 1.09 bits per heavy atom. The van der Waals surface area contributed by atoms with Crippen LogP contribution in [0.5, 0.6) is 5.75 Å². The second-order valence-corrected chi connectivity index (χ2v) is 10.1. The predicted molar refractivity (Wildman–Crippen MR) is 133 cm³/mol. The van der Waals surface area contributed by atoms with Crippen molar-refractivity contribution in [3.8, 4) is 5.75 Å². The Morgan fingerprint density at radius 3 is 2.31 bits per heavy atom. The van der Waals surface area contributed by atoms with E-state index in [2.05, 4.69) is 0 Å². The fourth-order valence-corrected chi connectivity index (χ4v) is 4.72. The molecule has 1 amide bonds. The first kappa shape index (κ1) is 27.1. The highest BCUT2D eigenvalue weighted by atomic mass is 35.5. The minimum absolute atomic E-state index is 0.0249. The Labute approximate surface area is 209 Å². The summed E-state index contributed by atoms with van der Waals surface area (Å²) in [5, 5.41) is 10.5. The number of hydrogen-bond acceptors (Lipinski definition) is 4. The fraction of sp³-hybridized carbons (Fsp3) is 0.500. The van der Waals surface area contributed by atoms with Gasteiger partial charge in [0.1, 0.15) is 5.75 Å². The number of aromatic hydroxyl groups is 1. The van der Waals surface area contributed by atoms with Gasteiger partial charge in [0.2, 0.25) is 5.91 Å². The second kappa shape index (κ2) is 11.1. The van der Waals surface area contributed by atoms with Crippen LogP contribution in [-0.4, -0.2) is 42.1 Å². The van der Waals surface area contributed by atoms with Gasteiger partial charge in [-0.15, -0.1) is 0 Å². The van der Waals surface area contributed by atoms with Gasteiger partial charge in [0, 0.05) is 48.8 Å². The molecule has 2 atom stereocenters. The minimum atomic E-state index is -4.44. The molecule has 1 aliphatic heterocycles. The standard InChI is InChI=1S/C26H33ClF3N3O2/c1-16(2)12-22(31)21-14-19(26(28,29)30)5-7-23(21)32-8-10-33(11-9-32)25(35)17(3)13-18-4-6-20(27)15-24(18)34/h4-7,14-17,22,34H,8-13,31H2,1-3H3/t17?,22-/m0/s1. The largest absolute Gasteiger partial charge is 0.508 e. The van der Waals surface area contributed by atoms with Gasteiger partial charge in [0.15, 0.2) is 0 Å². The Kier molecular flexibility index (Phi) is 8.59. The number of amides is 1. The first-order valence-electron chi connectivity index (χ1n) is 11.8. The van der Waals surface area contributed by atoms with Gasteiger partial charge < -0.3 is 20.6 Å². The molecule has 0 aromatic heterocycles. The molecule has 0 saturated carbocycles. The number of piperazine rings is 1. The van der Waals surface area contributed by atoms with Crippen LogP contribution in [0.1, 0.15) is 49.9 Å². The van der Waals surface area contributed by atoms with Crippen LogP contribution in [0, 0.1) is 11.8 Å². The Hall–Kier alpha value is -2.45. The zero-order valence-corrected chi connectivity index (χ0v) is 21.0. The van der Waals surface area contributed by atoms with Gasteiger partial charge in [-0.05, 0) is 60.2 Å². The Balaban J connectivity index is 1.70. The zero-order chi connectivity index (χ0) is 25.9. The van der Waals surface area contributed by atoms with E-state index in [4.69, 9.17) is 17.3 Å². The summed E-state index contributed by atoms with van der Waals surface area (Å²) in [6.45, 7) is 7.70. The predicted octanol–water partition coefficient (Wildman–Crippen LogP) is 5.64. The summed E-state index contributed by atoms with van der Waals surface area (Å²) >= 11 is 5.88. The summed E-state index contributed by atoms with van der Waals surface area (Å²) in [7, 11) is 0. The third kappa shape index (κ3) is 6.82. The van der Waals surface area contributed by atoms with E-state index in [1.165, 1.54) is 18.2 Å². The van der Waals surface area contributed by atoms with E-state index in [9.17, 15) is 23.1 Å². The third-order valence-corrected chi connectivity index (χ3v) is 6.64. The van der Waals surface area contributed by atoms with Crippen molar-refractivity contribution in [2.75, 3.05) is 31.1 Å². The number of benzene rings is 2. The summed E-state index contributed by atoms with van der Waals surface area (Å²) in [5.41, 5.74) is 7.47. The van der Waals surface area contributed by atoms with Gasteiger partial charge in [-0.2, -0.15) is 13.2 Å². The van der Waals surface area contributed by atoms with Crippen molar-refractivity contribution in [2.24, 2.45) is 17.6 Å². The molecule has 2 aromatic carbocycles. The van der Waals surface area contributed by atoms with Gasteiger partial charge in [-0.1, -0.05) is 38.4 Å². The van der Waals surface area contributed by atoms with E-state index in [1.54, 1.807) is 17.0 Å². The molecule has 1 heterocycles. The molecule has 3 rings (SSSR count). The fourth-order valence-electron chi connectivity index (χ4n) is 4.56. The quantitative estimate of drug-likeness (QED) is 0.505. The Morgan fingerprint density at radius 2 is 1.74 bits per heavy atom. The normalized spacial score (nSPS) is 16.5. The number of halogens is 4. The van der Waals surface area contributed by atoms with Gasteiger partial charge in [-0.3, -0.25) is 4.79 Å². The van der Waals surface area contributed by atoms with E-state index in [0.29, 0.717) is 60.9 Å². The van der Waals surface area contributed by atoms with Crippen LogP contribution < -0.4 is 10.6 Å². The highest BCUT2D eigenvalue weighted by Gasteiger charge is 2.33. The first-order valence-corrected chi connectivity index (χ1v) is 12.2. The van der Waals surface area contributed by atoms with Gasteiger partial charge >= 0.3 is 6.18 Å². The zero-order valence-electron chi connectivity index (χ0n) is 20.3. The Bertz CT molecular complexity index is 1040. The number of phenols is 1. The van der Waals surface area contributed by atoms with Crippen LogP contribution in [0.15, 0.2) is 36.4 Å². The lowest BCUT2D eigenvalue weighted by Crippen LogP contribution is -2.50. The number of nitrogens with zero attached hydrogens (tertiary/aromatic N) is 2. The molecule has 1 unspecified atom stereocenters. The molecule has 9 heteroatoms. The number of anilines is 1. The second-order valence-electron chi connectivity index (χ2n) is 9.70. The van der Waals surface area contributed by atoms with E-state index in [0.717, 1.165) is 6.07 Å². The van der Waals surface area contributed by atoms with Crippen LogP contribution in [0.2, 0.25) is 5.02 Å². The number of hydrogen-bond donors (Lipinski definition) is 2. The van der Waals surface area contributed by atoms with E-state index < -0.39 is 17.8 Å². The lowest BCUT2D eigenvalue weighted by atomic mass is 9.94. The van der Waals surface area contributed by atoms with Crippen molar-refractivity contribution >= 4 is 23.2 Å². The van der Waals surface area contributed by atoms with E-state index in [-0.39, 0.29) is 23.5 Å². The van der Waals surface area contributed by atoms with Crippen molar-refractivity contribution in [3.63, 3.8) is 0 Å². The van der Waals surface area contributed by atoms with Crippen LogP contribution in [0.4, 0.5) is 18.9 Å². The maximum absolute atomic E-state index is 13.4. The molecule has 1 fully saturated rings. The molecule has 0 spiro atoms. The summed E-state index contributed by atoms with van der Waals surface area (Å²) < 4.78 is 40.1. The van der Waals surface area contributed by atoms with Crippen molar-refractivity contribution in [1.29, 1.82) is 0 Å². The summed E-state index contributed by atoms with van der Waals surface area (Å²) in [6.07, 6.45) is -3.48. The SMILES string of the molecule is CC(C)C[C@H](N)c1cc(C(F)(F)F)ccc1N1CCN(C(=O)C(C)Cc2ccc(Cl)cc2O)CC1. The highest BCUT2D eigenvalue weighted by molar-refractivity contribution is 6.30. The van der Waals surface area contributed by atoms with Crippen molar-refractivity contribution in [2.45, 2.75) is 45.8 Å². The highest BCUT2D eigenvalue weighted by Crippen LogP contribution is 2.36. The molecule has 192 valence electrons. The lowest BCUT2D eigenvalue weighted by molar-refractivity contribution is -0.137. The summed E-state index contributed by atoms with van der Waals surface area (Å²) in [6, 6.07) is 8.10.